The Morgan fingerprint density at radius 1 is 0.274 bits per heavy atom. The standard InChI is InChI=1S/C71H47NS/c1-3-21-55(22-4-1)71(56-23-5-2-6-24-56)66-30-12-9-27-62(66)63-43-37-51(46-67(63)71)48-33-39-57(40-34-48)72(58-41-35-49(36-42-58)52-38-44-65-64-28-11-14-32-69(64)73-70(65)47-52)68-31-13-10-26-61(68)54-20-15-19-53(45-54)60-29-16-18-50-17-7-8-25-59(50)60/h1-47H. The maximum Gasteiger partial charge on any atom is 0.0713 e. The van der Waals surface area contributed by atoms with Gasteiger partial charge in [0.25, 0.3) is 0 Å². The number of hydrogen-bond acceptors (Lipinski definition) is 2. The van der Waals surface area contributed by atoms with E-state index < -0.39 is 5.41 Å². The van der Waals surface area contributed by atoms with Crippen molar-refractivity contribution in [3.8, 4) is 55.6 Å². The van der Waals surface area contributed by atoms with Gasteiger partial charge in [0.2, 0.25) is 0 Å². The molecule has 0 fully saturated rings. The molecule has 0 bridgehead atoms. The highest BCUT2D eigenvalue weighted by Crippen LogP contribution is 2.57. The molecule has 13 aromatic rings. The summed E-state index contributed by atoms with van der Waals surface area (Å²) >= 11 is 1.86. The van der Waals surface area contributed by atoms with Crippen LogP contribution in [0.2, 0.25) is 0 Å². The summed E-state index contributed by atoms with van der Waals surface area (Å²) in [5.41, 5.74) is 20.0. The second-order valence-corrected chi connectivity index (χ2v) is 20.2. The van der Waals surface area contributed by atoms with Gasteiger partial charge in [-0.2, -0.15) is 0 Å². The summed E-state index contributed by atoms with van der Waals surface area (Å²) < 4.78 is 2.63. The third-order valence-electron chi connectivity index (χ3n) is 15.2. The molecule has 0 spiro atoms. The molecule has 0 saturated heterocycles. The van der Waals surface area contributed by atoms with Crippen molar-refractivity contribution in [3.63, 3.8) is 0 Å². The van der Waals surface area contributed by atoms with Crippen LogP contribution in [-0.2, 0) is 5.41 Å². The Hall–Kier alpha value is -9.08. The van der Waals surface area contributed by atoms with E-state index in [0.29, 0.717) is 0 Å². The van der Waals surface area contributed by atoms with Crippen LogP contribution in [0.25, 0.3) is 86.6 Å². The van der Waals surface area contributed by atoms with Gasteiger partial charge in [-0.25, -0.2) is 0 Å². The van der Waals surface area contributed by atoms with Gasteiger partial charge in [0.15, 0.2) is 0 Å². The van der Waals surface area contributed by atoms with Crippen molar-refractivity contribution in [1.82, 2.24) is 0 Å². The number of rotatable bonds is 9. The van der Waals surface area contributed by atoms with Gasteiger partial charge in [0.1, 0.15) is 0 Å². The molecule has 2 heteroatoms. The highest BCUT2D eigenvalue weighted by Gasteiger charge is 2.46. The zero-order chi connectivity index (χ0) is 48.3. The van der Waals surface area contributed by atoms with Gasteiger partial charge >= 0.3 is 0 Å². The number of nitrogens with zero attached hydrogens (tertiary/aromatic N) is 1. The van der Waals surface area contributed by atoms with Crippen LogP contribution in [-0.4, -0.2) is 0 Å². The van der Waals surface area contributed by atoms with E-state index in [0.717, 1.165) is 28.2 Å². The van der Waals surface area contributed by atoms with Gasteiger partial charge in [-0.1, -0.05) is 231 Å². The van der Waals surface area contributed by atoms with Crippen molar-refractivity contribution in [3.05, 3.63) is 307 Å². The fraction of sp³-hybridized carbons (Fsp3) is 0.0141. The van der Waals surface area contributed by atoms with Crippen molar-refractivity contribution in [2.75, 3.05) is 4.90 Å². The Morgan fingerprint density at radius 3 is 1.52 bits per heavy atom. The maximum atomic E-state index is 2.45. The lowest BCUT2D eigenvalue weighted by Gasteiger charge is -2.34. The first-order valence-electron chi connectivity index (χ1n) is 25.1. The third-order valence-corrected chi connectivity index (χ3v) is 16.3. The van der Waals surface area contributed by atoms with Crippen LogP contribution in [0.1, 0.15) is 22.3 Å². The first-order chi connectivity index (χ1) is 36.2. The van der Waals surface area contributed by atoms with E-state index in [4.69, 9.17) is 0 Å². The minimum atomic E-state index is -0.467. The number of anilines is 3. The predicted molar refractivity (Wildman–Crippen MR) is 311 cm³/mol. The fourth-order valence-corrected chi connectivity index (χ4v) is 13.0. The van der Waals surface area contributed by atoms with Crippen molar-refractivity contribution in [1.29, 1.82) is 0 Å². The lowest BCUT2D eigenvalue weighted by molar-refractivity contribution is 0.769. The number of benzene rings is 12. The highest BCUT2D eigenvalue weighted by molar-refractivity contribution is 7.25. The molecule has 0 unspecified atom stereocenters. The lowest BCUT2D eigenvalue weighted by Crippen LogP contribution is -2.28. The molecule has 1 aliphatic carbocycles. The lowest BCUT2D eigenvalue weighted by atomic mass is 9.67. The van der Waals surface area contributed by atoms with Gasteiger partial charge in [-0.05, 0) is 138 Å². The minimum absolute atomic E-state index is 0.467. The molecule has 1 nitrogen and oxygen atoms in total. The maximum absolute atomic E-state index is 2.45. The molecule has 73 heavy (non-hydrogen) atoms. The van der Waals surface area contributed by atoms with E-state index in [-0.39, 0.29) is 0 Å². The Bertz CT molecular complexity index is 4140. The fourth-order valence-electron chi connectivity index (χ4n) is 11.8. The van der Waals surface area contributed by atoms with Crippen molar-refractivity contribution in [2.45, 2.75) is 5.41 Å². The molecular weight excluding hydrogens is 899 g/mol. The van der Waals surface area contributed by atoms with Crippen LogP contribution in [0, 0.1) is 0 Å². The first-order valence-corrected chi connectivity index (χ1v) is 26.0. The average Bonchev–Trinajstić information content (AvgIpc) is 3.99. The molecule has 0 radical (unpaired) electrons. The van der Waals surface area contributed by atoms with E-state index in [9.17, 15) is 0 Å². The Kier molecular flexibility index (Phi) is 10.3. The van der Waals surface area contributed by atoms with Gasteiger partial charge in [0, 0.05) is 37.1 Å². The molecule has 14 rings (SSSR count). The predicted octanol–water partition coefficient (Wildman–Crippen LogP) is 19.7. The molecule has 0 aliphatic heterocycles. The van der Waals surface area contributed by atoms with Crippen LogP contribution in [0.3, 0.4) is 0 Å². The van der Waals surface area contributed by atoms with Gasteiger partial charge in [-0.3, -0.25) is 0 Å². The average molecular weight is 946 g/mol. The molecular formula is C71H47NS. The second kappa shape index (κ2) is 17.6. The molecule has 342 valence electrons. The molecule has 1 aliphatic rings. The summed E-state index contributed by atoms with van der Waals surface area (Å²) in [6.45, 7) is 0. The van der Waals surface area contributed by atoms with Gasteiger partial charge in [0.05, 0.1) is 11.1 Å². The molecule has 0 N–H and O–H groups in total. The Balaban J connectivity index is 0.891. The smallest absolute Gasteiger partial charge is 0.0713 e. The summed E-state index contributed by atoms with van der Waals surface area (Å²) in [5, 5.41) is 5.13. The molecule has 1 heterocycles. The van der Waals surface area contributed by atoms with E-state index in [2.05, 4.69) is 290 Å². The van der Waals surface area contributed by atoms with E-state index in [1.165, 1.54) is 97.7 Å². The summed E-state index contributed by atoms with van der Waals surface area (Å²) in [6, 6.07) is 105. The van der Waals surface area contributed by atoms with Crippen LogP contribution in [0.5, 0.6) is 0 Å². The van der Waals surface area contributed by atoms with Crippen LogP contribution in [0.4, 0.5) is 17.1 Å². The van der Waals surface area contributed by atoms with E-state index >= 15 is 0 Å². The Morgan fingerprint density at radius 2 is 0.781 bits per heavy atom. The summed E-state index contributed by atoms with van der Waals surface area (Å²) in [4.78, 5) is 2.43. The third kappa shape index (κ3) is 7.13. The SMILES string of the molecule is c1ccc(C2(c3ccccc3)c3ccccc3-c3ccc(-c4ccc(N(c5ccc(-c6ccc7c(c6)sc6ccccc67)cc5)c5ccccc5-c5cccc(-c6cccc7ccccc67)c5)cc4)cc32)cc1. The summed E-state index contributed by atoms with van der Waals surface area (Å²) in [5.74, 6) is 0. The summed E-state index contributed by atoms with van der Waals surface area (Å²) in [7, 11) is 0. The van der Waals surface area contributed by atoms with Crippen LogP contribution < -0.4 is 4.90 Å². The molecule has 0 atom stereocenters. The van der Waals surface area contributed by atoms with Gasteiger partial charge in [-0.15, -0.1) is 11.3 Å². The molecule has 0 saturated carbocycles. The highest BCUT2D eigenvalue weighted by atomic mass is 32.1. The quantitative estimate of drug-likeness (QED) is 0.139. The first kappa shape index (κ1) is 42.8. The molecule has 0 amide bonds. The number of hydrogen-bond donors (Lipinski definition) is 0. The topological polar surface area (TPSA) is 3.24 Å². The van der Waals surface area contributed by atoms with Crippen LogP contribution in [0.15, 0.2) is 285 Å². The number of para-hydroxylation sites is 1. The normalized spacial score (nSPS) is 12.5. The van der Waals surface area contributed by atoms with E-state index in [1.807, 2.05) is 11.3 Å². The minimum Gasteiger partial charge on any atom is -0.310 e. The number of thiophene rings is 1. The Labute approximate surface area is 430 Å². The van der Waals surface area contributed by atoms with Crippen molar-refractivity contribution in [2.24, 2.45) is 0 Å². The molecule has 12 aromatic carbocycles. The number of fused-ring (bicyclic) bond motifs is 7. The summed E-state index contributed by atoms with van der Waals surface area (Å²) in [6.07, 6.45) is 0. The largest absolute Gasteiger partial charge is 0.310 e. The van der Waals surface area contributed by atoms with E-state index in [1.54, 1.807) is 0 Å². The monoisotopic (exact) mass is 945 g/mol. The zero-order valence-corrected chi connectivity index (χ0v) is 40.8. The molecule has 1 aromatic heterocycles. The zero-order valence-electron chi connectivity index (χ0n) is 40.0. The van der Waals surface area contributed by atoms with Crippen LogP contribution >= 0.6 is 11.3 Å². The second-order valence-electron chi connectivity index (χ2n) is 19.2. The van der Waals surface area contributed by atoms with Crippen molar-refractivity contribution >= 4 is 59.3 Å². The van der Waals surface area contributed by atoms with Gasteiger partial charge < -0.3 is 4.90 Å². The van der Waals surface area contributed by atoms with Crippen molar-refractivity contribution < 1.29 is 0 Å².